The molecule has 2 aromatic heterocycles. The summed E-state index contributed by atoms with van der Waals surface area (Å²) in [6, 6.07) is 5.60. The van der Waals surface area contributed by atoms with Gasteiger partial charge >= 0.3 is 5.69 Å². The number of piperidine rings is 1. The van der Waals surface area contributed by atoms with E-state index >= 15 is 0 Å². The molecular weight excluding hydrogens is 266 g/mol. The average molecular weight is 289 g/mol. The van der Waals surface area contributed by atoms with Gasteiger partial charge in [0.05, 0.1) is 6.54 Å². The van der Waals surface area contributed by atoms with E-state index in [9.17, 15) is 4.79 Å². The summed E-state index contributed by atoms with van der Waals surface area (Å²) in [4.78, 5) is 14.6. The van der Waals surface area contributed by atoms with E-state index in [1.807, 2.05) is 18.2 Å². The highest BCUT2D eigenvalue weighted by Gasteiger charge is 2.18. The van der Waals surface area contributed by atoms with Crippen LogP contribution in [0.3, 0.4) is 0 Å². The zero-order valence-electron chi connectivity index (χ0n) is 12.3. The minimum Gasteiger partial charge on any atom is -0.330 e. The Morgan fingerprint density at radius 1 is 1.24 bits per heavy atom. The summed E-state index contributed by atoms with van der Waals surface area (Å²) in [7, 11) is 0. The molecule has 3 rings (SSSR count). The molecule has 114 valence electrons. The highest BCUT2D eigenvalue weighted by atomic mass is 16.2. The monoisotopic (exact) mass is 289 g/mol. The van der Waals surface area contributed by atoms with Gasteiger partial charge in [-0.3, -0.25) is 4.40 Å². The molecule has 0 saturated carbocycles. The van der Waals surface area contributed by atoms with Crippen LogP contribution < -0.4 is 11.4 Å². The van der Waals surface area contributed by atoms with Crippen molar-refractivity contribution in [3.8, 4) is 0 Å². The molecule has 0 aliphatic carbocycles. The van der Waals surface area contributed by atoms with Crippen LogP contribution in [0.1, 0.15) is 19.3 Å². The van der Waals surface area contributed by atoms with Crippen molar-refractivity contribution >= 4 is 5.65 Å². The van der Waals surface area contributed by atoms with Gasteiger partial charge in [-0.1, -0.05) is 6.07 Å². The lowest BCUT2D eigenvalue weighted by Gasteiger charge is -2.31. The van der Waals surface area contributed by atoms with E-state index in [2.05, 4.69) is 10.00 Å². The van der Waals surface area contributed by atoms with Gasteiger partial charge in [0.15, 0.2) is 5.65 Å². The van der Waals surface area contributed by atoms with Crippen LogP contribution in [0.4, 0.5) is 0 Å². The molecule has 2 aromatic rings. The number of nitrogens with zero attached hydrogens (tertiary/aromatic N) is 4. The topological polar surface area (TPSA) is 68.6 Å². The largest absolute Gasteiger partial charge is 0.350 e. The first-order valence-electron chi connectivity index (χ1n) is 7.74. The number of hydrogen-bond acceptors (Lipinski definition) is 4. The third-order valence-electron chi connectivity index (χ3n) is 4.40. The molecule has 1 saturated heterocycles. The fourth-order valence-electron chi connectivity index (χ4n) is 3.08. The van der Waals surface area contributed by atoms with Crippen LogP contribution in [-0.2, 0) is 6.54 Å². The number of nitrogens with two attached hydrogens (primary N) is 1. The van der Waals surface area contributed by atoms with Crippen LogP contribution >= 0.6 is 0 Å². The van der Waals surface area contributed by atoms with E-state index in [4.69, 9.17) is 5.73 Å². The van der Waals surface area contributed by atoms with Crippen LogP contribution in [0.2, 0.25) is 0 Å². The van der Waals surface area contributed by atoms with Crippen molar-refractivity contribution in [2.75, 3.05) is 26.2 Å². The van der Waals surface area contributed by atoms with Crippen molar-refractivity contribution in [2.24, 2.45) is 11.7 Å². The molecular formula is C15H23N5O. The molecule has 0 aromatic carbocycles. The van der Waals surface area contributed by atoms with Crippen LogP contribution in [0.15, 0.2) is 29.2 Å². The molecule has 0 radical (unpaired) electrons. The summed E-state index contributed by atoms with van der Waals surface area (Å²) < 4.78 is 3.16. The predicted molar refractivity (Wildman–Crippen MR) is 82.3 cm³/mol. The third-order valence-corrected chi connectivity index (χ3v) is 4.40. The Morgan fingerprint density at radius 2 is 2.05 bits per heavy atom. The maximum atomic E-state index is 12.2. The lowest BCUT2D eigenvalue weighted by Crippen LogP contribution is -2.37. The van der Waals surface area contributed by atoms with Crippen LogP contribution in [0, 0.1) is 5.92 Å². The number of hydrogen-bond donors (Lipinski definition) is 1. The van der Waals surface area contributed by atoms with Crippen LogP contribution in [-0.4, -0.2) is 45.3 Å². The Morgan fingerprint density at radius 3 is 2.76 bits per heavy atom. The molecule has 1 aliphatic rings. The SMILES string of the molecule is NCCC1CCN(CCn2nc3ccccn3c2=O)CC1. The Balaban J connectivity index is 1.58. The molecule has 0 bridgehead atoms. The summed E-state index contributed by atoms with van der Waals surface area (Å²) >= 11 is 0. The Bertz CT molecular complexity index is 639. The van der Waals surface area contributed by atoms with E-state index < -0.39 is 0 Å². The van der Waals surface area contributed by atoms with Crippen molar-refractivity contribution in [2.45, 2.75) is 25.8 Å². The fraction of sp³-hybridized carbons (Fsp3) is 0.600. The quantitative estimate of drug-likeness (QED) is 0.873. The van der Waals surface area contributed by atoms with Crippen molar-refractivity contribution in [3.05, 3.63) is 34.9 Å². The zero-order valence-corrected chi connectivity index (χ0v) is 12.3. The second-order valence-electron chi connectivity index (χ2n) is 5.80. The molecule has 0 atom stereocenters. The van der Waals surface area contributed by atoms with Crippen molar-refractivity contribution in [1.29, 1.82) is 0 Å². The zero-order chi connectivity index (χ0) is 14.7. The maximum Gasteiger partial charge on any atom is 0.350 e. The van der Waals surface area contributed by atoms with Gasteiger partial charge in [-0.15, -0.1) is 5.10 Å². The first-order chi connectivity index (χ1) is 10.3. The second-order valence-corrected chi connectivity index (χ2v) is 5.80. The Kier molecular flexibility index (Phi) is 4.36. The summed E-state index contributed by atoms with van der Waals surface area (Å²) in [5.74, 6) is 0.782. The van der Waals surface area contributed by atoms with Gasteiger partial charge < -0.3 is 10.6 Å². The molecule has 1 aliphatic heterocycles. The normalized spacial score (nSPS) is 17.6. The first kappa shape index (κ1) is 14.3. The third kappa shape index (κ3) is 3.16. The van der Waals surface area contributed by atoms with Gasteiger partial charge in [-0.25, -0.2) is 9.48 Å². The first-order valence-corrected chi connectivity index (χ1v) is 7.74. The molecule has 0 unspecified atom stereocenters. The van der Waals surface area contributed by atoms with Gasteiger partial charge in [0, 0.05) is 12.7 Å². The van der Waals surface area contributed by atoms with Gasteiger partial charge in [0.1, 0.15) is 0 Å². The van der Waals surface area contributed by atoms with E-state index in [-0.39, 0.29) is 5.69 Å². The summed E-state index contributed by atoms with van der Waals surface area (Å²) in [5, 5.41) is 4.36. The van der Waals surface area contributed by atoms with Crippen molar-refractivity contribution in [3.63, 3.8) is 0 Å². The van der Waals surface area contributed by atoms with Gasteiger partial charge in [-0.2, -0.15) is 0 Å². The molecule has 2 N–H and O–H groups in total. The molecule has 6 heteroatoms. The average Bonchev–Trinajstić information content (AvgIpc) is 2.84. The number of aromatic nitrogens is 3. The summed E-state index contributed by atoms with van der Waals surface area (Å²) in [6.07, 6.45) is 5.34. The van der Waals surface area contributed by atoms with Crippen LogP contribution in [0.5, 0.6) is 0 Å². The molecule has 21 heavy (non-hydrogen) atoms. The van der Waals surface area contributed by atoms with E-state index in [1.54, 1.807) is 15.3 Å². The maximum absolute atomic E-state index is 12.2. The van der Waals surface area contributed by atoms with Crippen molar-refractivity contribution < 1.29 is 0 Å². The molecule has 3 heterocycles. The number of fused-ring (bicyclic) bond motifs is 1. The standard InChI is InChI=1S/C15H23N5O/c16-7-4-13-5-9-18(10-6-13)11-12-20-15(21)19-8-2-1-3-14(19)17-20/h1-3,8,13H,4-7,9-12,16H2. The van der Waals surface area contributed by atoms with Crippen molar-refractivity contribution in [1.82, 2.24) is 19.1 Å². The van der Waals surface area contributed by atoms with E-state index in [0.29, 0.717) is 12.2 Å². The summed E-state index contributed by atoms with van der Waals surface area (Å²) in [6.45, 7) is 4.54. The Labute approximate surface area is 124 Å². The lowest BCUT2D eigenvalue weighted by molar-refractivity contribution is 0.172. The lowest BCUT2D eigenvalue weighted by atomic mass is 9.94. The predicted octanol–water partition coefficient (Wildman–Crippen LogP) is 0.557. The molecule has 1 fully saturated rings. The highest BCUT2D eigenvalue weighted by molar-refractivity contribution is 5.35. The van der Waals surface area contributed by atoms with E-state index in [1.165, 1.54) is 12.8 Å². The number of rotatable bonds is 5. The minimum atomic E-state index is -0.0522. The van der Waals surface area contributed by atoms with E-state index in [0.717, 1.165) is 38.5 Å². The second kappa shape index (κ2) is 6.41. The van der Waals surface area contributed by atoms with Gasteiger partial charge in [0.25, 0.3) is 0 Å². The summed E-state index contributed by atoms with van der Waals surface area (Å²) in [5.41, 5.74) is 6.28. The fourth-order valence-corrected chi connectivity index (χ4v) is 3.08. The minimum absolute atomic E-state index is 0.0522. The number of likely N-dealkylation sites (tertiary alicyclic amines) is 1. The molecule has 0 spiro atoms. The molecule has 0 amide bonds. The molecule has 6 nitrogen and oxygen atoms in total. The van der Waals surface area contributed by atoms with Gasteiger partial charge in [0.2, 0.25) is 0 Å². The smallest absolute Gasteiger partial charge is 0.330 e. The highest BCUT2D eigenvalue weighted by Crippen LogP contribution is 2.19. The Hall–Kier alpha value is -1.66. The number of pyridine rings is 1. The van der Waals surface area contributed by atoms with Crippen LogP contribution in [0.25, 0.3) is 5.65 Å². The van der Waals surface area contributed by atoms with Gasteiger partial charge in [-0.05, 0) is 56.9 Å².